The summed E-state index contributed by atoms with van der Waals surface area (Å²) in [4.78, 5) is 0. The molecule has 1 heterocycles. The SMILES string of the molecule is c1ccc2c(-c3cc[o+]c(-c4cccc5ccccc45)c3)cccc2c1. The van der Waals surface area contributed by atoms with Gasteiger partial charge in [0, 0.05) is 11.6 Å². The summed E-state index contributed by atoms with van der Waals surface area (Å²) in [6.07, 6.45) is 1.79. The highest BCUT2D eigenvalue weighted by atomic mass is 16.3. The van der Waals surface area contributed by atoms with E-state index < -0.39 is 0 Å². The fourth-order valence-corrected chi connectivity index (χ4v) is 3.63. The maximum atomic E-state index is 5.90. The molecule has 0 amide bonds. The monoisotopic (exact) mass is 333 g/mol. The van der Waals surface area contributed by atoms with Crippen molar-refractivity contribution in [3.05, 3.63) is 103 Å². The van der Waals surface area contributed by atoms with Crippen molar-refractivity contribution in [1.82, 2.24) is 0 Å². The largest absolute Gasteiger partial charge is 0.360 e. The summed E-state index contributed by atoms with van der Waals surface area (Å²) < 4.78 is 5.90. The van der Waals surface area contributed by atoms with Gasteiger partial charge in [-0.1, -0.05) is 78.9 Å². The van der Waals surface area contributed by atoms with Crippen molar-refractivity contribution in [2.45, 2.75) is 0 Å². The quantitative estimate of drug-likeness (QED) is 0.311. The summed E-state index contributed by atoms with van der Waals surface area (Å²) >= 11 is 0. The van der Waals surface area contributed by atoms with Crippen LogP contribution in [-0.4, -0.2) is 0 Å². The molecule has 0 bridgehead atoms. The van der Waals surface area contributed by atoms with E-state index in [0.717, 1.165) is 16.9 Å². The van der Waals surface area contributed by atoms with E-state index in [2.05, 4.69) is 91.0 Å². The fraction of sp³-hybridized carbons (Fsp3) is 0. The van der Waals surface area contributed by atoms with Crippen LogP contribution < -0.4 is 0 Å². The molecule has 0 atom stereocenters. The van der Waals surface area contributed by atoms with Crippen LogP contribution in [0.5, 0.6) is 0 Å². The van der Waals surface area contributed by atoms with Crippen molar-refractivity contribution in [2.75, 3.05) is 0 Å². The molecule has 0 saturated heterocycles. The van der Waals surface area contributed by atoms with E-state index in [4.69, 9.17) is 4.42 Å². The Morgan fingerprint density at radius 3 is 1.81 bits per heavy atom. The zero-order chi connectivity index (χ0) is 17.3. The Kier molecular flexibility index (Phi) is 3.50. The lowest BCUT2D eigenvalue weighted by molar-refractivity contribution is 0.567. The minimum atomic E-state index is 0.882. The molecule has 4 aromatic carbocycles. The third-order valence-corrected chi connectivity index (χ3v) is 4.88. The summed E-state index contributed by atoms with van der Waals surface area (Å²) in [5.41, 5.74) is 3.50. The third-order valence-electron chi connectivity index (χ3n) is 4.88. The van der Waals surface area contributed by atoms with Crippen LogP contribution in [0.1, 0.15) is 0 Å². The van der Waals surface area contributed by atoms with Gasteiger partial charge in [-0.2, -0.15) is 0 Å². The van der Waals surface area contributed by atoms with E-state index in [0.29, 0.717) is 0 Å². The molecule has 1 aromatic heterocycles. The third kappa shape index (κ3) is 2.46. The van der Waals surface area contributed by atoms with Gasteiger partial charge < -0.3 is 0 Å². The van der Waals surface area contributed by atoms with Gasteiger partial charge >= 0.3 is 12.0 Å². The molecule has 0 spiro atoms. The highest BCUT2D eigenvalue weighted by Gasteiger charge is 2.16. The van der Waals surface area contributed by atoms with Crippen molar-refractivity contribution < 1.29 is 4.42 Å². The molecule has 0 aliphatic rings. The average molecular weight is 333 g/mol. The molecule has 0 N–H and O–H groups in total. The lowest BCUT2D eigenvalue weighted by Crippen LogP contribution is -1.85. The van der Waals surface area contributed by atoms with Gasteiger partial charge in [0.05, 0.1) is 11.6 Å². The van der Waals surface area contributed by atoms with Gasteiger partial charge in [0.2, 0.25) is 0 Å². The predicted octanol–water partition coefficient (Wildman–Crippen LogP) is 7.20. The molecule has 1 nitrogen and oxygen atoms in total. The van der Waals surface area contributed by atoms with Crippen molar-refractivity contribution in [1.29, 1.82) is 0 Å². The van der Waals surface area contributed by atoms with E-state index in [1.165, 1.54) is 27.1 Å². The van der Waals surface area contributed by atoms with Gasteiger partial charge in [-0.25, -0.2) is 4.42 Å². The van der Waals surface area contributed by atoms with Gasteiger partial charge in [-0.3, -0.25) is 0 Å². The molecule has 0 fully saturated rings. The zero-order valence-corrected chi connectivity index (χ0v) is 14.2. The first-order valence-electron chi connectivity index (χ1n) is 8.78. The smallest absolute Gasteiger partial charge is 0.216 e. The van der Waals surface area contributed by atoms with Gasteiger partial charge in [-0.15, -0.1) is 0 Å². The van der Waals surface area contributed by atoms with Gasteiger partial charge in [0.1, 0.15) is 0 Å². The van der Waals surface area contributed by atoms with E-state index in [9.17, 15) is 0 Å². The molecule has 5 rings (SSSR count). The number of benzene rings is 4. The Bertz CT molecular complexity index is 1130. The number of fused-ring (bicyclic) bond motifs is 2. The van der Waals surface area contributed by atoms with E-state index in [-0.39, 0.29) is 0 Å². The molecule has 0 radical (unpaired) electrons. The van der Waals surface area contributed by atoms with Crippen LogP contribution in [0, 0.1) is 0 Å². The van der Waals surface area contributed by atoms with E-state index >= 15 is 0 Å². The molecular formula is C25H17O+. The van der Waals surface area contributed by atoms with Crippen LogP contribution in [0.15, 0.2) is 108 Å². The predicted molar refractivity (Wildman–Crippen MR) is 109 cm³/mol. The van der Waals surface area contributed by atoms with Crippen molar-refractivity contribution in [3.8, 4) is 22.5 Å². The van der Waals surface area contributed by atoms with Crippen LogP contribution in [0.4, 0.5) is 0 Å². The molecule has 0 saturated carbocycles. The van der Waals surface area contributed by atoms with Crippen LogP contribution in [0.2, 0.25) is 0 Å². The molecule has 0 aliphatic heterocycles. The molecule has 5 aromatic rings. The fourth-order valence-electron chi connectivity index (χ4n) is 3.63. The van der Waals surface area contributed by atoms with Crippen LogP contribution >= 0.6 is 0 Å². The zero-order valence-electron chi connectivity index (χ0n) is 14.2. The van der Waals surface area contributed by atoms with Crippen molar-refractivity contribution in [3.63, 3.8) is 0 Å². The summed E-state index contributed by atoms with van der Waals surface area (Å²) in [5, 5.41) is 4.92. The first kappa shape index (κ1) is 14.9. The molecule has 122 valence electrons. The summed E-state index contributed by atoms with van der Waals surface area (Å²) in [5.74, 6) is 0.882. The lowest BCUT2D eigenvalue weighted by atomic mass is 9.97. The Labute approximate surface area is 152 Å². The molecule has 0 unspecified atom stereocenters. The van der Waals surface area contributed by atoms with Gasteiger partial charge in [-0.05, 0) is 33.2 Å². The van der Waals surface area contributed by atoms with Gasteiger partial charge in [0.25, 0.3) is 0 Å². The molecule has 0 aliphatic carbocycles. The van der Waals surface area contributed by atoms with Crippen LogP contribution in [-0.2, 0) is 0 Å². The minimum Gasteiger partial charge on any atom is -0.216 e. The maximum absolute atomic E-state index is 5.90. The van der Waals surface area contributed by atoms with E-state index in [1.54, 1.807) is 6.26 Å². The van der Waals surface area contributed by atoms with Gasteiger partial charge in [0.15, 0.2) is 0 Å². The number of hydrogen-bond donors (Lipinski definition) is 0. The first-order valence-corrected chi connectivity index (χ1v) is 8.78. The highest BCUT2D eigenvalue weighted by molar-refractivity contribution is 5.99. The second-order valence-electron chi connectivity index (χ2n) is 6.44. The first-order chi connectivity index (χ1) is 12.9. The van der Waals surface area contributed by atoms with Crippen molar-refractivity contribution >= 4 is 21.5 Å². The molecular weight excluding hydrogens is 316 g/mol. The second-order valence-corrected chi connectivity index (χ2v) is 6.44. The van der Waals surface area contributed by atoms with Crippen LogP contribution in [0.3, 0.4) is 0 Å². The minimum absolute atomic E-state index is 0.882. The average Bonchev–Trinajstić information content (AvgIpc) is 2.73. The molecule has 1 heteroatoms. The second kappa shape index (κ2) is 6.12. The lowest BCUT2D eigenvalue weighted by Gasteiger charge is -2.06. The normalized spacial score (nSPS) is 11.1. The van der Waals surface area contributed by atoms with Crippen molar-refractivity contribution in [2.24, 2.45) is 0 Å². The van der Waals surface area contributed by atoms with Crippen LogP contribution in [0.25, 0.3) is 44.0 Å². The number of rotatable bonds is 2. The molecule has 26 heavy (non-hydrogen) atoms. The Morgan fingerprint density at radius 2 is 1.08 bits per heavy atom. The number of hydrogen-bond acceptors (Lipinski definition) is 0. The highest BCUT2D eigenvalue weighted by Crippen LogP contribution is 2.34. The Hall–Kier alpha value is -3.45. The Morgan fingerprint density at radius 1 is 0.500 bits per heavy atom. The topological polar surface area (TPSA) is 11.3 Å². The maximum Gasteiger partial charge on any atom is 0.360 e. The summed E-state index contributed by atoms with van der Waals surface area (Å²) in [7, 11) is 0. The summed E-state index contributed by atoms with van der Waals surface area (Å²) in [6.45, 7) is 0. The van der Waals surface area contributed by atoms with E-state index in [1.807, 2.05) is 6.07 Å². The Balaban J connectivity index is 1.72. The standard InChI is InChI=1S/C25H17O/c1-3-11-21-18(7-1)9-5-13-23(21)20-15-16-26-25(17-20)24-14-6-10-19-8-2-4-12-22(19)24/h1-17H/q+1. The summed E-state index contributed by atoms with van der Waals surface area (Å²) in [6, 6.07) is 33.8.